The molecule has 2 aromatic heterocycles. The molecule has 1 saturated heterocycles. The lowest BCUT2D eigenvalue weighted by Crippen LogP contribution is -2.41. The molecule has 0 spiro atoms. The van der Waals surface area contributed by atoms with E-state index in [1.165, 1.54) is 0 Å². The highest BCUT2D eigenvalue weighted by atomic mass is 35.5. The molecule has 0 aliphatic carbocycles. The van der Waals surface area contributed by atoms with Gasteiger partial charge in [-0.05, 0) is 48.6 Å². The first-order valence-corrected chi connectivity index (χ1v) is 9.63. The number of likely N-dealkylation sites (tertiary alicyclic amines) is 1. The van der Waals surface area contributed by atoms with Gasteiger partial charge in [-0.1, -0.05) is 17.7 Å². The van der Waals surface area contributed by atoms with Gasteiger partial charge in [-0.3, -0.25) is 0 Å². The fourth-order valence-electron chi connectivity index (χ4n) is 3.00. The minimum atomic E-state index is -0.130. The lowest BCUT2D eigenvalue weighted by Gasteiger charge is -2.31. The van der Waals surface area contributed by atoms with Crippen molar-refractivity contribution in [2.24, 2.45) is 0 Å². The number of urea groups is 1. The molecule has 1 atom stereocenters. The van der Waals surface area contributed by atoms with Crippen molar-refractivity contribution in [1.82, 2.24) is 15.1 Å². The summed E-state index contributed by atoms with van der Waals surface area (Å²) in [6.07, 6.45) is 1.83. The van der Waals surface area contributed by atoms with Gasteiger partial charge in [0.2, 0.25) is 5.89 Å². The number of carbonyl (C=O) groups is 1. The van der Waals surface area contributed by atoms with Crippen molar-refractivity contribution >= 4 is 34.7 Å². The normalized spacial score (nSPS) is 17.3. The largest absolute Gasteiger partial charge is 0.420 e. The van der Waals surface area contributed by atoms with Gasteiger partial charge >= 0.3 is 6.03 Å². The molecule has 0 unspecified atom stereocenters. The lowest BCUT2D eigenvalue weighted by atomic mass is 9.98. The Balaban J connectivity index is 1.42. The molecule has 2 amide bonds. The predicted octanol–water partition coefficient (Wildman–Crippen LogP) is 4.86. The molecule has 26 heavy (non-hydrogen) atoms. The molecule has 4 rings (SSSR count). The summed E-state index contributed by atoms with van der Waals surface area (Å²) in [4.78, 5) is 15.3. The number of anilines is 1. The van der Waals surface area contributed by atoms with Crippen molar-refractivity contribution < 1.29 is 9.21 Å². The highest BCUT2D eigenvalue weighted by Crippen LogP contribution is 2.30. The van der Waals surface area contributed by atoms with E-state index in [-0.39, 0.29) is 11.9 Å². The molecule has 1 aromatic carbocycles. The number of thiophene rings is 1. The summed E-state index contributed by atoms with van der Waals surface area (Å²) < 4.78 is 5.84. The van der Waals surface area contributed by atoms with Gasteiger partial charge in [-0.15, -0.1) is 21.5 Å². The third kappa shape index (κ3) is 3.73. The van der Waals surface area contributed by atoms with Gasteiger partial charge in [0.05, 0.1) is 10.8 Å². The molecule has 6 nitrogen and oxygen atoms in total. The van der Waals surface area contributed by atoms with Gasteiger partial charge in [0.25, 0.3) is 5.89 Å². The van der Waals surface area contributed by atoms with Gasteiger partial charge in [-0.25, -0.2) is 4.79 Å². The van der Waals surface area contributed by atoms with Crippen molar-refractivity contribution in [1.29, 1.82) is 0 Å². The highest BCUT2D eigenvalue weighted by molar-refractivity contribution is 7.13. The third-order valence-corrected chi connectivity index (χ3v) is 5.44. The van der Waals surface area contributed by atoms with E-state index in [0.717, 1.165) is 23.4 Å². The van der Waals surface area contributed by atoms with Gasteiger partial charge in [0.1, 0.15) is 0 Å². The van der Waals surface area contributed by atoms with E-state index in [4.69, 9.17) is 16.0 Å². The van der Waals surface area contributed by atoms with Crippen LogP contribution in [0, 0.1) is 0 Å². The fraction of sp³-hybridized carbons (Fsp3) is 0.278. The van der Waals surface area contributed by atoms with Crippen molar-refractivity contribution in [3.8, 4) is 10.8 Å². The molecule has 3 heterocycles. The van der Waals surface area contributed by atoms with Crippen LogP contribution in [0.3, 0.4) is 0 Å². The van der Waals surface area contributed by atoms with Crippen molar-refractivity contribution in [2.75, 3.05) is 18.4 Å². The quantitative estimate of drug-likeness (QED) is 0.695. The predicted molar refractivity (Wildman–Crippen MR) is 102 cm³/mol. The highest BCUT2D eigenvalue weighted by Gasteiger charge is 2.28. The summed E-state index contributed by atoms with van der Waals surface area (Å²) in [5, 5.41) is 13.9. The van der Waals surface area contributed by atoms with Crippen LogP contribution in [-0.2, 0) is 0 Å². The average molecular weight is 389 g/mol. The molecule has 0 radical (unpaired) electrons. The van der Waals surface area contributed by atoms with E-state index >= 15 is 0 Å². The summed E-state index contributed by atoms with van der Waals surface area (Å²) in [5.41, 5.74) is 0.722. The molecule has 3 aromatic rings. The number of amides is 2. The Morgan fingerprint density at radius 3 is 2.88 bits per heavy atom. The lowest BCUT2D eigenvalue weighted by molar-refractivity contribution is 0.187. The third-order valence-electron chi connectivity index (χ3n) is 4.33. The number of carbonyl (C=O) groups excluding carboxylic acids is 1. The molecule has 0 saturated carbocycles. The van der Waals surface area contributed by atoms with Gasteiger partial charge in [0.15, 0.2) is 0 Å². The smallest absolute Gasteiger partial charge is 0.321 e. The SMILES string of the molecule is O=C(Nc1ccc(Cl)cc1)N1CCC[C@@H](c2nnc(-c3cccs3)o2)C1. The van der Waals surface area contributed by atoms with E-state index < -0.39 is 0 Å². The van der Waals surface area contributed by atoms with Gasteiger partial charge < -0.3 is 14.6 Å². The Bertz CT molecular complexity index is 879. The molecular weight excluding hydrogens is 372 g/mol. The molecule has 1 aliphatic heterocycles. The van der Waals surface area contributed by atoms with E-state index in [1.807, 2.05) is 17.5 Å². The monoisotopic (exact) mass is 388 g/mol. The number of rotatable bonds is 3. The Morgan fingerprint density at radius 2 is 2.12 bits per heavy atom. The topological polar surface area (TPSA) is 71.3 Å². The van der Waals surface area contributed by atoms with E-state index in [0.29, 0.717) is 29.9 Å². The molecule has 134 valence electrons. The average Bonchev–Trinajstić information content (AvgIpc) is 3.35. The van der Waals surface area contributed by atoms with Crippen LogP contribution >= 0.6 is 22.9 Å². The minimum absolute atomic E-state index is 0.0564. The zero-order valence-electron chi connectivity index (χ0n) is 13.9. The number of nitrogens with zero attached hydrogens (tertiary/aromatic N) is 3. The summed E-state index contributed by atoms with van der Waals surface area (Å²) in [6, 6.07) is 10.8. The summed E-state index contributed by atoms with van der Waals surface area (Å²) in [5.74, 6) is 1.19. The second-order valence-corrected chi connectivity index (χ2v) is 7.53. The van der Waals surface area contributed by atoms with Crippen molar-refractivity contribution in [2.45, 2.75) is 18.8 Å². The van der Waals surface area contributed by atoms with Crippen LogP contribution in [0.5, 0.6) is 0 Å². The zero-order chi connectivity index (χ0) is 17.9. The zero-order valence-corrected chi connectivity index (χ0v) is 15.5. The Labute approximate surface area is 159 Å². The first kappa shape index (κ1) is 17.1. The molecular formula is C18H17ClN4O2S. The Morgan fingerprint density at radius 1 is 1.27 bits per heavy atom. The number of hydrogen-bond donors (Lipinski definition) is 1. The number of hydrogen-bond acceptors (Lipinski definition) is 5. The molecule has 8 heteroatoms. The van der Waals surface area contributed by atoms with Gasteiger partial charge in [-0.2, -0.15) is 0 Å². The van der Waals surface area contributed by atoms with Crippen LogP contribution in [0.1, 0.15) is 24.7 Å². The number of piperidine rings is 1. The molecule has 1 N–H and O–H groups in total. The summed E-state index contributed by atoms with van der Waals surface area (Å²) in [7, 11) is 0. The van der Waals surface area contributed by atoms with Crippen LogP contribution in [-0.4, -0.2) is 34.2 Å². The molecule has 0 bridgehead atoms. The van der Waals surface area contributed by atoms with Crippen LogP contribution in [0.4, 0.5) is 10.5 Å². The first-order valence-electron chi connectivity index (χ1n) is 8.38. The number of nitrogens with one attached hydrogen (secondary N) is 1. The van der Waals surface area contributed by atoms with Crippen LogP contribution in [0.25, 0.3) is 10.8 Å². The number of aromatic nitrogens is 2. The van der Waals surface area contributed by atoms with E-state index in [2.05, 4.69) is 15.5 Å². The number of benzene rings is 1. The van der Waals surface area contributed by atoms with Crippen molar-refractivity contribution in [3.63, 3.8) is 0 Å². The van der Waals surface area contributed by atoms with Gasteiger partial charge in [0, 0.05) is 23.8 Å². The van der Waals surface area contributed by atoms with Crippen LogP contribution in [0.15, 0.2) is 46.2 Å². The van der Waals surface area contributed by atoms with Crippen LogP contribution in [0.2, 0.25) is 5.02 Å². The second-order valence-electron chi connectivity index (χ2n) is 6.14. The summed E-state index contributed by atoms with van der Waals surface area (Å²) >= 11 is 7.44. The minimum Gasteiger partial charge on any atom is -0.420 e. The second kappa shape index (κ2) is 7.47. The van der Waals surface area contributed by atoms with Crippen LogP contribution < -0.4 is 5.32 Å². The van der Waals surface area contributed by atoms with E-state index in [1.54, 1.807) is 40.5 Å². The summed E-state index contributed by atoms with van der Waals surface area (Å²) in [6.45, 7) is 1.27. The molecule has 1 fully saturated rings. The molecule has 1 aliphatic rings. The maximum Gasteiger partial charge on any atom is 0.321 e. The first-order chi connectivity index (χ1) is 12.7. The Hall–Kier alpha value is -2.38. The maximum atomic E-state index is 12.5. The maximum absolute atomic E-state index is 12.5. The fourth-order valence-corrected chi connectivity index (χ4v) is 3.77. The number of halogens is 1. The van der Waals surface area contributed by atoms with E-state index in [9.17, 15) is 4.79 Å². The standard InChI is InChI=1S/C18H17ClN4O2S/c19-13-5-7-14(8-6-13)20-18(24)23-9-1-3-12(11-23)16-21-22-17(25-16)15-4-2-10-26-15/h2,4-8,10,12H,1,3,9,11H2,(H,20,24)/t12-/m1/s1. The van der Waals surface area contributed by atoms with Crippen molar-refractivity contribution in [3.05, 3.63) is 52.7 Å². The Kier molecular flexibility index (Phi) is 4.90.